The molecule has 0 unspecified atom stereocenters. The van der Waals surface area contributed by atoms with Gasteiger partial charge in [-0.15, -0.1) is 0 Å². The quantitative estimate of drug-likeness (QED) is 0.453. The molecule has 0 bridgehead atoms. The summed E-state index contributed by atoms with van der Waals surface area (Å²) in [5.74, 6) is 0.677. The van der Waals surface area contributed by atoms with Gasteiger partial charge in [-0.1, -0.05) is 12.1 Å². The van der Waals surface area contributed by atoms with E-state index in [0.29, 0.717) is 35.8 Å². The maximum atomic E-state index is 11.5. The fraction of sp³-hybridized carbons (Fsp3) is 0.222. The van der Waals surface area contributed by atoms with E-state index in [9.17, 15) is 9.59 Å². The second-order valence-electron chi connectivity index (χ2n) is 4.87. The highest BCUT2D eigenvalue weighted by Gasteiger charge is 2.06. The highest BCUT2D eigenvalue weighted by molar-refractivity contribution is 5.97. The van der Waals surface area contributed by atoms with Crippen LogP contribution in [0.25, 0.3) is 0 Å². The Morgan fingerprint density at radius 3 is 2.21 bits per heavy atom. The lowest BCUT2D eigenvalue weighted by molar-refractivity contribution is 0.0600. The molecule has 2 aromatic rings. The summed E-state index contributed by atoms with van der Waals surface area (Å²) in [5.41, 5.74) is 6.32. The van der Waals surface area contributed by atoms with E-state index >= 15 is 0 Å². The molecule has 0 aliphatic heterocycles. The van der Waals surface area contributed by atoms with E-state index in [1.54, 1.807) is 48.5 Å². The van der Waals surface area contributed by atoms with Gasteiger partial charge in [0.25, 0.3) is 0 Å². The molecule has 0 saturated carbocycles. The Kier molecular flexibility index (Phi) is 6.33. The molecule has 0 aliphatic rings. The molecule has 0 heterocycles. The third kappa shape index (κ3) is 4.82. The van der Waals surface area contributed by atoms with Crippen molar-refractivity contribution in [3.05, 3.63) is 59.7 Å². The van der Waals surface area contributed by atoms with Crippen LogP contribution >= 0.6 is 0 Å². The zero-order chi connectivity index (χ0) is 17.4. The fourth-order valence-corrected chi connectivity index (χ4v) is 2.00. The number of carbonyl (C=O) groups excluding carboxylic acids is 2. The van der Waals surface area contributed by atoms with Crippen LogP contribution in [-0.4, -0.2) is 38.6 Å². The molecule has 2 rings (SSSR count). The van der Waals surface area contributed by atoms with Crippen molar-refractivity contribution in [1.29, 1.82) is 0 Å². The number of rotatable bonds is 8. The number of nitrogens with two attached hydrogens (primary N) is 1. The Hall–Kier alpha value is -2.86. The molecule has 2 N–H and O–H groups in total. The minimum Gasteiger partial charge on any atom is -0.490 e. The van der Waals surface area contributed by atoms with E-state index in [2.05, 4.69) is 4.74 Å². The number of methoxy groups -OCH3 is 1. The molecule has 126 valence electrons. The Morgan fingerprint density at radius 1 is 0.917 bits per heavy atom. The lowest BCUT2D eigenvalue weighted by Gasteiger charge is -2.09. The summed E-state index contributed by atoms with van der Waals surface area (Å²) in [4.78, 5) is 22.9. The molecular formula is C18H19NO5. The number of benzene rings is 2. The van der Waals surface area contributed by atoms with E-state index in [0.717, 1.165) is 0 Å². The van der Waals surface area contributed by atoms with Gasteiger partial charge in [-0.25, -0.2) is 4.79 Å². The zero-order valence-corrected chi connectivity index (χ0v) is 13.4. The maximum Gasteiger partial charge on any atom is 0.337 e. The monoisotopic (exact) mass is 329 g/mol. The highest BCUT2D eigenvalue weighted by Crippen LogP contribution is 2.15. The molecule has 2 aromatic carbocycles. The first-order valence-corrected chi connectivity index (χ1v) is 7.41. The second-order valence-corrected chi connectivity index (χ2v) is 4.87. The van der Waals surface area contributed by atoms with E-state index in [4.69, 9.17) is 15.2 Å². The van der Waals surface area contributed by atoms with E-state index in [1.165, 1.54) is 7.11 Å². The van der Waals surface area contributed by atoms with E-state index < -0.39 is 5.97 Å². The Morgan fingerprint density at radius 2 is 1.58 bits per heavy atom. The van der Waals surface area contributed by atoms with Crippen LogP contribution in [0.15, 0.2) is 48.5 Å². The summed E-state index contributed by atoms with van der Waals surface area (Å²) in [5, 5.41) is 0. The van der Waals surface area contributed by atoms with Crippen LogP contribution in [0.5, 0.6) is 11.5 Å². The van der Waals surface area contributed by atoms with Crippen molar-refractivity contribution in [1.82, 2.24) is 0 Å². The lowest BCUT2D eigenvalue weighted by atomic mass is 10.1. The first-order chi connectivity index (χ1) is 11.6. The third-order valence-corrected chi connectivity index (χ3v) is 3.24. The predicted octanol–water partition coefficient (Wildman–Crippen LogP) is 2.07. The first kappa shape index (κ1) is 17.5. The van der Waals surface area contributed by atoms with E-state index in [1.807, 2.05) is 0 Å². The molecule has 0 saturated heterocycles. The molecule has 0 aromatic heterocycles. The SMILES string of the molecule is COC(=O)c1ccc(OCCOc2cccc(C(=O)CN)c2)cc1. The van der Waals surface area contributed by atoms with E-state index in [-0.39, 0.29) is 12.3 Å². The van der Waals surface area contributed by atoms with Gasteiger partial charge in [0.1, 0.15) is 24.7 Å². The minimum atomic E-state index is -0.392. The Balaban J connectivity index is 1.80. The van der Waals surface area contributed by atoms with Crippen molar-refractivity contribution in [3.8, 4) is 11.5 Å². The first-order valence-electron chi connectivity index (χ1n) is 7.41. The van der Waals surface area contributed by atoms with Gasteiger partial charge in [0, 0.05) is 5.56 Å². The number of Topliss-reactive ketones (excluding diaryl/α,β-unsaturated/α-hetero) is 1. The standard InChI is InChI=1S/C18H19NO5/c1-22-18(21)13-5-7-15(8-6-13)23-9-10-24-16-4-2-3-14(11-16)17(20)12-19/h2-8,11H,9-10,12,19H2,1H3. The summed E-state index contributed by atoms with van der Waals surface area (Å²) >= 11 is 0. The molecule has 0 amide bonds. The number of hydrogen-bond acceptors (Lipinski definition) is 6. The summed E-state index contributed by atoms with van der Waals surface area (Å²) in [6.45, 7) is 0.611. The summed E-state index contributed by atoms with van der Waals surface area (Å²) in [6, 6.07) is 13.5. The largest absolute Gasteiger partial charge is 0.490 e. The molecule has 6 nitrogen and oxygen atoms in total. The zero-order valence-electron chi connectivity index (χ0n) is 13.4. The minimum absolute atomic E-state index is 0.0336. The lowest BCUT2D eigenvalue weighted by Crippen LogP contribution is -2.14. The maximum absolute atomic E-state index is 11.5. The fourth-order valence-electron chi connectivity index (χ4n) is 2.00. The topological polar surface area (TPSA) is 87.9 Å². The van der Waals surface area contributed by atoms with Gasteiger partial charge in [0.15, 0.2) is 5.78 Å². The third-order valence-electron chi connectivity index (χ3n) is 3.24. The number of carbonyl (C=O) groups is 2. The van der Waals surface area contributed by atoms with Crippen LogP contribution in [0.2, 0.25) is 0 Å². The van der Waals surface area contributed by atoms with Gasteiger partial charge < -0.3 is 19.9 Å². The van der Waals surface area contributed by atoms with Gasteiger partial charge in [-0.2, -0.15) is 0 Å². The molecule has 0 fully saturated rings. The molecule has 0 aliphatic carbocycles. The van der Waals surface area contributed by atoms with Crippen LogP contribution in [0.3, 0.4) is 0 Å². The summed E-state index contributed by atoms with van der Waals surface area (Å²) < 4.78 is 15.7. The van der Waals surface area contributed by atoms with Crippen molar-refractivity contribution in [2.24, 2.45) is 5.73 Å². The van der Waals surface area contributed by atoms with Crippen LogP contribution in [0.4, 0.5) is 0 Å². The Labute approximate surface area is 140 Å². The predicted molar refractivity (Wildman–Crippen MR) is 88.6 cm³/mol. The number of ether oxygens (including phenoxy) is 3. The van der Waals surface area contributed by atoms with Crippen LogP contribution < -0.4 is 15.2 Å². The van der Waals surface area contributed by atoms with Crippen LogP contribution in [0.1, 0.15) is 20.7 Å². The molecule has 6 heteroatoms. The Bertz CT molecular complexity index is 697. The highest BCUT2D eigenvalue weighted by atomic mass is 16.5. The van der Waals surface area contributed by atoms with Crippen molar-refractivity contribution >= 4 is 11.8 Å². The molecule has 24 heavy (non-hydrogen) atoms. The van der Waals surface area contributed by atoms with Crippen molar-refractivity contribution in [2.75, 3.05) is 26.9 Å². The normalized spacial score (nSPS) is 10.1. The second kappa shape index (κ2) is 8.69. The van der Waals surface area contributed by atoms with Gasteiger partial charge >= 0.3 is 5.97 Å². The molecular weight excluding hydrogens is 310 g/mol. The van der Waals surface area contributed by atoms with Crippen molar-refractivity contribution in [3.63, 3.8) is 0 Å². The van der Waals surface area contributed by atoms with Gasteiger partial charge in [0.05, 0.1) is 19.2 Å². The molecule has 0 radical (unpaired) electrons. The average Bonchev–Trinajstić information content (AvgIpc) is 2.64. The van der Waals surface area contributed by atoms with Crippen molar-refractivity contribution < 1.29 is 23.8 Å². The van der Waals surface area contributed by atoms with Crippen LogP contribution in [0, 0.1) is 0 Å². The van der Waals surface area contributed by atoms with Gasteiger partial charge in [-0.3, -0.25) is 4.79 Å². The van der Waals surface area contributed by atoms with Gasteiger partial charge in [-0.05, 0) is 36.4 Å². The van der Waals surface area contributed by atoms with Crippen LogP contribution in [-0.2, 0) is 4.74 Å². The number of esters is 1. The van der Waals surface area contributed by atoms with Gasteiger partial charge in [0.2, 0.25) is 0 Å². The molecule has 0 atom stereocenters. The smallest absolute Gasteiger partial charge is 0.337 e. The molecule has 0 spiro atoms. The number of hydrogen-bond donors (Lipinski definition) is 1. The van der Waals surface area contributed by atoms with Crippen molar-refractivity contribution in [2.45, 2.75) is 0 Å². The summed E-state index contributed by atoms with van der Waals surface area (Å²) in [7, 11) is 1.33. The summed E-state index contributed by atoms with van der Waals surface area (Å²) in [6.07, 6.45) is 0. The number of ketones is 1. The average molecular weight is 329 g/mol.